The van der Waals surface area contributed by atoms with Crippen LogP contribution in [0.25, 0.3) is 27.7 Å². The van der Waals surface area contributed by atoms with Gasteiger partial charge in [0.1, 0.15) is 6.61 Å². The molecule has 0 spiro atoms. The maximum Gasteiger partial charge on any atom is 0.338 e. The fraction of sp³-hybridized carbons (Fsp3) is 0.303. The van der Waals surface area contributed by atoms with Crippen LogP contribution in [0.4, 0.5) is 0 Å². The first-order chi connectivity index (χ1) is 21.9. The van der Waals surface area contributed by atoms with Crippen molar-refractivity contribution in [1.29, 1.82) is 0 Å². The number of rotatable bonds is 7. The highest BCUT2D eigenvalue weighted by Gasteiger charge is 2.26. The lowest BCUT2D eigenvalue weighted by atomic mass is 9.93. The molecule has 6 rings (SSSR count). The normalized spacial score (nSPS) is 17.8. The van der Waals surface area contributed by atoms with E-state index in [1.165, 1.54) is 12.4 Å². The Morgan fingerprint density at radius 2 is 1.87 bits per heavy atom. The van der Waals surface area contributed by atoms with Gasteiger partial charge in [-0.15, -0.1) is 0 Å². The summed E-state index contributed by atoms with van der Waals surface area (Å²) in [5, 5.41) is 10.9. The number of hydrogen-bond acceptors (Lipinski definition) is 10. The number of pyridine rings is 2. The van der Waals surface area contributed by atoms with Crippen LogP contribution < -0.4 is 10.5 Å². The number of likely N-dealkylation sites (tertiary alicyclic amines) is 1. The summed E-state index contributed by atoms with van der Waals surface area (Å²) in [6.07, 6.45) is 8.36. The van der Waals surface area contributed by atoms with Crippen molar-refractivity contribution in [1.82, 2.24) is 24.8 Å². The number of carbonyl (C=O) groups excluding carboxylic acids is 1. The lowest BCUT2D eigenvalue weighted by molar-refractivity contribution is -0.128. The molecule has 12 heteroatoms. The van der Waals surface area contributed by atoms with Crippen LogP contribution in [-0.2, 0) is 16.1 Å². The quantitative estimate of drug-likeness (QED) is 0.315. The molecule has 3 aromatic heterocycles. The number of aliphatic imine (C=N–C) groups is 1. The molecule has 0 atom stereocenters. The third-order valence-electron chi connectivity index (χ3n) is 8.02. The Bertz CT molecular complexity index is 1780. The van der Waals surface area contributed by atoms with Crippen LogP contribution in [0.2, 0.25) is 0 Å². The van der Waals surface area contributed by atoms with Crippen molar-refractivity contribution in [3.8, 4) is 17.3 Å². The highest BCUT2D eigenvalue weighted by Crippen LogP contribution is 2.30. The summed E-state index contributed by atoms with van der Waals surface area (Å²) >= 11 is 0. The average Bonchev–Trinajstić information content (AvgIpc) is 3.07. The van der Waals surface area contributed by atoms with E-state index in [4.69, 9.17) is 30.3 Å². The fourth-order valence-corrected chi connectivity index (χ4v) is 5.47. The van der Waals surface area contributed by atoms with Gasteiger partial charge in [-0.05, 0) is 36.4 Å². The van der Waals surface area contributed by atoms with Gasteiger partial charge in [-0.3, -0.25) is 19.8 Å². The molecule has 45 heavy (non-hydrogen) atoms. The highest BCUT2D eigenvalue weighted by molar-refractivity contribution is 6.10. The van der Waals surface area contributed by atoms with Gasteiger partial charge in [-0.2, -0.15) is 0 Å². The van der Waals surface area contributed by atoms with E-state index in [1.807, 2.05) is 47.5 Å². The van der Waals surface area contributed by atoms with Crippen molar-refractivity contribution < 1.29 is 24.2 Å². The van der Waals surface area contributed by atoms with Gasteiger partial charge in [-0.25, -0.2) is 14.8 Å². The first kappa shape index (κ1) is 29.8. The third-order valence-corrected chi connectivity index (χ3v) is 8.02. The molecule has 2 aliphatic rings. The van der Waals surface area contributed by atoms with Crippen molar-refractivity contribution in [2.75, 3.05) is 26.3 Å². The van der Waals surface area contributed by atoms with Gasteiger partial charge in [-0.1, -0.05) is 18.2 Å². The number of carboxylic acids is 1. The Kier molecular flexibility index (Phi) is 8.74. The number of aromatic nitrogens is 4. The number of amides is 1. The minimum atomic E-state index is -1.10. The number of piperidine rings is 1. The zero-order valence-electron chi connectivity index (χ0n) is 24.8. The number of aromatic carboxylic acids is 1. The number of nitrogens with two attached hydrogens (primary N) is 1. The third kappa shape index (κ3) is 6.80. The monoisotopic (exact) mass is 607 g/mol. The molecule has 2 aliphatic heterocycles. The molecule has 0 aliphatic carbocycles. The predicted molar refractivity (Wildman–Crippen MR) is 168 cm³/mol. The summed E-state index contributed by atoms with van der Waals surface area (Å²) in [4.78, 5) is 47.2. The molecule has 12 nitrogen and oxygen atoms in total. The van der Waals surface area contributed by atoms with E-state index < -0.39 is 5.97 Å². The van der Waals surface area contributed by atoms with Gasteiger partial charge in [0.25, 0.3) is 0 Å². The molecule has 2 saturated heterocycles. The second-order valence-electron chi connectivity index (χ2n) is 11.0. The van der Waals surface area contributed by atoms with E-state index in [9.17, 15) is 9.59 Å². The van der Waals surface area contributed by atoms with E-state index in [0.29, 0.717) is 44.1 Å². The van der Waals surface area contributed by atoms with Crippen molar-refractivity contribution in [2.24, 2.45) is 10.7 Å². The second-order valence-corrected chi connectivity index (χ2v) is 11.0. The van der Waals surface area contributed by atoms with Gasteiger partial charge < -0.3 is 25.2 Å². The van der Waals surface area contributed by atoms with E-state index in [0.717, 1.165) is 51.7 Å². The van der Waals surface area contributed by atoms with Crippen molar-refractivity contribution in [2.45, 2.75) is 38.8 Å². The van der Waals surface area contributed by atoms with Crippen LogP contribution in [0.15, 0.2) is 71.8 Å². The van der Waals surface area contributed by atoms with Crippen LogP contribution >= 0.6 is 0 Å². The number of nitrogens with zero attached hydrogens (tertiary/aromatic N) is 6. The molecule has 0 saturated carbocycles. The van der Waals surface area contributed by atoms with Gasteiger partial charge in [0.05, 0.1) is 23.0 Å². The van der Waals surface area contributed by atoms with Crippen LogP contribution in [0.3, 0.4) is 0 Å². The van der Waals surface area contributed by atoms with Crippen LogP contribution in [-0.4, -0.2) is 79.9 Å². The van der Waals surface area contributed by atoms with Crippen molar-refractivity contribution >= 4 is 34.1 Å². The topological polar surface area (TPSA) is 166 Å². The summed E-state index contributed by atoms with van der Waals surface area (Å²) in [6.45, 7) is 4.17. The van der Waals surface area contributed by atoms with Crippen molar-refractivity contribution in [3.63, 3.8) is 0 Å². The largest absolute Gasteiger partial charge is 0.478 e. The molecular weight excluding hydrogens is 574 g/mol. The standard InChI is InChI=1S/C33H33N7O5/c1-20(41)40-10-7-29(39-24-8-11-44-12-9-24)28(18-40)31(34)26-4-2-3-21-13-30(36-17-27(21)26)22-5-6-25(35-14-22)19-45-33-37-15-23(16-38-33)32(42)43/h2-6,13-17,24H,7-12,18-19,34H2,1H3,(H,42,43)/b31-28-,39-29?. The second kappa shape index (κ2) is 13.2. The minimum Gasteiger partial charge on any atom is -0.478 e. The first-order valence-corrected chi connectivity index (χ1v) is 14.8. The lowest BCUT2D eigenvalue weighted by Gasteiger charge is -2.31. The number of hydrogen-bond donors (Lipinski definition) is 2. The summed E-state index contributed by atoms with van der Waals surface area (Å²) < 4.78 is 11.1. The van der Waals surface area contributed by atoms with E-state index in [1.54, 1.807) is 13.1 Å². The molecule has 0 bridgehead atoms. The first-order valence-electron chi connectivity index (χ1n) is 14.8. The summed E-state index contributed by atoms with van der Waals surface area (Å²) in [5.41, 5.74) is 12.4. The Hall–Kier alpha value is -5.23. The molecule has 0 radical (unpaired) electrons. The van der Waals surface area contributed by atoms with Crippen LogP contribution in [0.1, 0.15) is 47.8 Å². The number of ether oxygens (including phenoxy) is 2. The van der Waals surface area contributed by atoms with Crippen LogP contribution in [0.5, 0.6) is 6.01 Å². The summed E-state index contributed by atoms with van der Waals surface area (Å²) in [7, 11) is 0. The van der Waals surface area contributed by atoms with E-state index >= 15 is 0 Å². The number of fused-ring (bicyclic) bond motifs is 1. The predicted octanol–water partition coefficient (Wildman–Crippen LogP) is 3.91. The van der Waals surface area contributed by atoms with Crippen LogP contribution in [0, 0.1) is 0 Å². The summed E-state index contributed by atoms with van der Waals surface area (Å²) in [6, 6.07) is 12.0. The molecule has 230 valence electrons. The van der Waals surface area contributed by atoms with E-state index in [2.05, 4.69) is 15.0 Å². The molecule has 0 unspecified atom stereocenters. The molecule has 1 aromatic carbocycles. The number of carbonyl (C=O) groups is 2. The molecule has 2 fully saturated rings. The molecule has 1 amide bonds. The molecule has 4 aromatic rings. The smallest absolute Gasteiger partial charge is 0.338 e. The molecular formula is C33H33N7O5. The zero-order valence-corrected chi connectivity index (χ0v) is 24.8. The Balaban J connectivity index is 1.24. The maximum atomic E-state index is 12.3. The molecule has 5 heterocycles. The van der Waals surface area contributed by atoms with Gasteiger partial charge in [0.15, 0.2) is 0 Å². The van der Waals surface area contributed by atoms with Gasteiger partial charge >= 0.3 is 12.0 Å². The maximum absolute atomic E-state index is 12.3. The number of carboxylic acid groups (broad SMARTS) is 1. The molecule has 3 N–H and O–H groups in total. The Labute approximate surface area is 259 Å². The Morgan fingerprint density at radius 1 is 1.07 bits per heavy atom. The van der Waals surface area contributed by atoms with Crippen molar-refractivity contribution in [3.05, 3.63) is 83.6 Å². The number of benzene rings is 1. The zero-order chi connectivity index (χ0) is 31.3. The highest BCUT2D eigenvalue weighted by atomic mass is 16.5. The van der Waals surface area contributed by atoms with Gasteiger partial charge in [0.2, 0.25) is 5.91 Å². The Morgan fingerprint density at radius 3 is 2.58 bits per heavy atom. The SMILES string of the molecule is CC(=O)N1CCC(=NC2CCOCC2)/C(=C(\N)c2cccc3cc(-c4ccc(COc5ncc(C(=O)O)cn5)nc4)ncc23)C1. The fourth-order valence-electron chi connectivity index (χ4n) is 5.47. The minimum absolute atomic E-state index is 0.0167. The average molecular weight is 608 g/mol. The lowest BCUT2D eigenvalue weighted by Crippen LogP contribution is -2.40. The van der Waals surface area contributed by atoms with E-state index in [-0.39, 0.29) is 30.1 Å². The van der Waals surface area contributed by atoms with Gasteiger partial charge in [0, 0.05) is 97.9 Å². The summed E-state index contributed by atoms with van der Waals surface area (Å²) in [5.74, 6) is -1.09.